The lowest BCUT2D eigenvalue weighted by Crippen LogP contribution is -1.86. The predicted molar refractivity (Wildman–Crippen MR) is 68.4 cm³/mol. The summed E-state index contributed by atoms with van der Waals surface area (Å²) in [6.45, 7) is 2.04. The second-order valence-electron chi connectivity index (χ2n) is 3.67. The summed E-state index contributed by atoms with van der Waals surface area (Å²) in [6.07, 6.45) is 0. The van der Waals surface area contributed by atoms with Crippen molar-refractivity contribution in [2.24, 2.45) is 0 Å². The molecule has 0 aliphatic heterocycles. The third-order valence-electron chi connectivity index (χ3n) is 2.30. The van der Waals surface area contributed by atoms with Gasteiger partial charge in [0.05, 0.1) is 4.92 Å². The van der Waals surface area contributed by atoms with E-state index in [1.807, 2.05) is 31.2 Å². The molecule has 0 heterocycles. The molecule has 0 saturated carbocycles. The van der Waals surface area contributed by atoms with Crippen molar-refractivity contribution in [3.05, 3.63) is 64.2 Å². The molecule has 0 N–H and O–H groups in total. The molecule has 0 fully saturated rings. The summed E-state index contributed by atoms with van der Waals surface area (Å²) in [5.41, 5.74) is 1.34. The molecule has 3 nitrogen and oxygen atoms in total. The van der Waals surface area contributed by atoms with Crippen LogP contribution in [0.2, 0.25) is 0 Å². The van der Waals surface area contributed by atoms with Gasteiger partial charge in [0.1, 0.15) is 0 Å². The first-order valence-electron chi connectivity index (χ1n) is 5.14. The van der Waals surface area contributed by atoms with E-state index in [1.54, 1.807) is 23.9 Å². The molecule has 0 amide bonds. The van der Waals surface area contributed by atoms with Gasteiger partial charge in [-0.15, -0.1) is 0 Å². The lowest BCUT2D eigenvalue weighted by molar-refractivity contribution is -0.384. The lowest BCUT2D eigenvalue weighted by atomic mass is 10.2. The van der Waals surface area contributed by atoms with E-state index in [9.17, 15) is 10.1 Å². The first-order valence-corrected chi connectivity index (χ1v) is 5.96. The highest BCUT2D eigenvalue weighted by Crippen LogP contribution is 2.28. The van der Waals surface area contributed by atoms with Crippen LogP contribution < -0.4 is 0 Å². The van der Waals surface area contributed by atoms with Crippen molar-refractivity contribution in [3.63, 3.8) is 0 Å². The van der Waals surface area contributed by atoms with Gasteiger partial charge in [-0.25, -0.2) is 0 Å². The zero-order valence-corrected chi connectivity index (χ0v) is 10.1. The predicted octanol–water partition coefficient (Wildman–Crippen LogP) is 4.05. The zero-order chi connectivity index (χ0) is 12.3. The minimum Gasteiger partial charge on any atom is -0.258 e. The molecule has 17 heavy (non-hydrogen) atoms. The number of hydrogen-bond acceptors (Lipinski definition) is 3. The Labute approximate surface area is 104 Å². The monoisotopic (exact) mass is 245 g/mol. The first kappa shape index (κ1) is 11.7. The Hall–Kier alpha value is -1.81. The fourth-order valence-electron chi connectivity index (χ4n) is 1.38. The smallest absolute Gasteiger partial charge is 0.258 e. The molecule has 0 bridgehead atoms. The summed E-state index contributed by atoms with van der Waals surface area (Å²) in [6, 6.07) is 14.8. The van der Waals surface area contributed by atoms with Crippen molar-refractivity contribution in [1.29, 1.82) is 0 Å². The molecule has 0 atom stereocenters. The molecule has 0 spiro atoms. The normalized spacial score (nSPS) is 10.2. The summed E-state index contributed by atoms with van der Waals surface area (Å²) >= 11 is 1.59. The van der Waals surface area contributed by atoms with Crippen LogP contribution in [0.4, 0.5) is 5.69 Å². The molecule has 0 unspecified atom stereocenters. The van der Waals surface area contributed by atoms with E-state index >= 15 is 0 Å². The molecule has 4 heteroatoms. The largest absolute Gasteiger partial charge is 0.269 e. The Balaban J connectivity index is 2.13. The van der Waals surface area contributed by atoms with Gasteiger partial charge in [0.2, 0.25) is 0 Å². The third-order valence-corrected chi connectivity index (χ3v) is 3.32. The highest BCUT2D eigenvalue weighted by atomic mass is 32.2. The van der Waals surface area contributed by atoms with Gasteiger partial charge in [0.25, 0.3) is 5.69 Å². The van der Waals surface area contributed by atoms with Crippen LogP contribution in [0.15, 0.2) is 58.3 Å². The number of nitrogens with zero attached hydrogens (tertiary/aromatic N) is 1. The number of hydrogen-bond donors (Lipinski definition) is 0. The standard InChI is InChI=1S/C13H11NO2S/c1-10-2-6-12(7-3-10)17-13-8-4-11(5-9-13)14(15)16/h2-9H,1H3. The van der Waals surface area contributed by atoms with E-state index in [1.165, 1.54) is 17.7 Å². The molecule has 0 aromatic heterocycles. The third kappa shape index (κ3) is 3.07. The fourth-order valence-corrected chi connectivity index (χ4v) is 2.19. The molecule has 2 aromatic carbocycles. The maximum atomic E-state index is 10.5. The Kier molecular flexibility index (Phi) is 3.44. The van der Waals surface area contributed by atoms with Crippen molar-refractivity contribution in [1.82, 2.24) is 0 Å². The molecule has 2 rings (SSSR count). The van der Waals surface area contributed by atoms with Crippen molar-refractivity contribution in [2.75, 3.05) is 0 Å². The SMILES string of the molecule is Cc1ccc(Sc2ccc([N+](=O)[O-])cc2)cc1. The van der Waals surface area contributed by atoms with E-state index in [-0.39, 0.29) is 10.6 Å². The molecule has 86 valence electrons. The number of rotatable bonds is 3. The molecule has 2 aromatic rings. The van der Waals surface area contributed by atoms with Crippen LogP contribution in [-0.2, 0) is 0 Å². The summed E-state index contributed by atoms with van der Waals surface area (Å²) in [5, 5.41) is 10.5. The molecule has 0 aliphatic rings. The highest BCUT2D eigenvalue weighted by Gasteiger charge is 2.04. The van der Waals surface area contributed by atoms with Crippen LogP contribution in [0.3, 0.4) is 0 Å². The first-order chi connectivity index (χ1) is 8.15. The quantitative estimate of drug-likeness (QED) is 0.605. The van der Waals surface area contributed by atoms with Crippen molar-refractivity contribution >= 4 is 17.4 Å². The molecule has 0 saturated heterocycles. The van der Waals surface area contributed by atoms with Crippen molar-refractivity contribution in [2.45, 2.75) is 16.7 Å². The van der Waals surface area contributed by atoms with Gasteiger partial charge >= 0.3 is 0 Å². The topological polar surface area (TPSA) is 43.1 Å². The lowest BCUT2D eigenvalue weighted by Gasteiger charge is -2.01. The van der Waals surface area contributed by atoms with Crippen molar-refractivity contribution in [3.8, 4) is 0 Å². The number of aryl methyl sites for hydroxylation is 1. The Morgan fingerprint density at radius 3 is 1.88 bits per heavy atom. The van der Waals surface area contributed by atoms with Gasteiger partial charge in [-0.05, 0) is 31.2 Å². The Morgan fingerprint density at radius 2 is 1.41 bits per heavy atom. The Bertz CT molecular complexity index is 520. The van der Waals surface area contributed by atoms with E-state index in [0.29, 0.717) is 0 Å². The van der Waals surface area contributed by atoms with Gasteiger partial charge in [-0.3, -0.25) is 10.1 Å². The van der Waals surface area contributed by atoms with Crippen LogP contribution in [0.5, 0.6) is 0 Å². The van der Waals surface area contributed by atoms with Gasteiger partial charge in [-0.2, -0.15) is 0 Å². The average molecular weight is 245 g/mol. The number of nitro groups is 1. The average Bonchev–Trinajstić information content (AvgIpc) is 2.33. The van der Waals surface area contributed by atoms with Crippen LogP contribution in [0.25, 0.3) is 0 Å². The van der Waals surface area contributed by atoms with Crippen LogP contribution in [-0.4, -0.2) is 4.92 Å². The summed E-state index contributed by atoms with van der Waals surface area (Å²) in [7, 11) is 0. The van der Waals surface area contributed by atoms with Crippen LogP contribution in [0.1, 0.15) is 5.56 Å². The van der Waals surface area contributed by atoms with Gasteiger partial charge < -0.3 is 0 Å². The Morgan fingerprint density at radius 1 is 0.941 bits per heavy atom. The number of non-ortho nitro benzene ring substituents is 1. The summed E-state index contributed by atoms with van der Waals surface area (Å²) in [5.74, 6) is 0. The maximum Gasteiger partial charge on any atom is 0.269 e. The molecule has 0 aliphatic carbocycles. The van der Waals surface area contributed by atoms with Gasteiger partial charge in [-0.1, -0.05) is 29.5 Å². The van der Waals surface area contributed by atoms with Crippen LogP contribution in [0, 0.1) is 17.0 Å². The minimum atomic E-state index is -0.389. The minimum absolute atomic E-state index is 0.123. The maximum absolute atomic E-state index is 10.5. The summed E-state index contributed by atoms with van der Waals surface area (Å²) < 4.78 is 0. The van der Waals surface area contributed by atoms with E-state index in [4.69, 9.17) is 0 Å². The fraction of sp³-hybridized carbons (Fsp3) is 0.0769. The van der Waals surface area contributed by atoms with Crippen molar-refractivity contribution < 1.29 is 4.92 Å². The second-order valence-corrected chi connectivity index (χ2v) is 4.81. The van der Waals surface area contributed by atoms with E-state index in [0.717, 1.165) is 9.79 Å². The summed E-state index contributed by atoms with van der Waals surface area (Å²) in [4.78, 5) is 12.2. The zero-order valence-electron chi connectivity index (χ0n) is 9.29. The molecular weight excluding hydrogens is 234 g/mol. The second kappa shape index (κ2) is 5.01. The number of nitro benzene ring substituents is 1. The highest BCUT2D eigenvalue weighted by molar-refractivity contribution is 7.99. The van der Waals surface area contributed by atoms with E-state index < -0.39 is 0 Å². The van der Waals surface area contributed by atoms with Gasteiger partial charge in [0.15, 0.2) is 0 Å². The molecular formula is C13H11NO2S. The van der Waals surface area contributed by atoms with Crippen LogP contribution >= 0.6 is 11.8 Å². The van der Waals surface area contributed by atoms with E-state index in [2.05, 4.69) is 0 Å². The van der Waals surface area contributed by atoms with Gasteiger partial charge in [0, 0.05) is 21.9 Å². The number of benzene rings is 2. The molecule has 0 radical (unpaired) electrons.